The third-order valence-electron chi connectivity index (χ3n) is 4.13. The number of rotatable bonds is 4. The van der Waals surface area contributed by atoms with Gasteiger partial charge in [0.2, 0.25) is 5.91 Å². The Kier molecular flexibility index (Phi) is 4.31. The van der Waals surface area contributed by atoms with Gasteiger partial charge in [0.1, 0.15) is 11.5 Å². The third kappa shape index (κ3) is 2.94. The molecule has 1 fully saturated rings. The summed E-state index contributed by atoms with van der Waals surface area (Å²) in [5, 5.41) is 2.73. The van der Waals surface area contributed by atoms with Crippen LogP contribution in [0, 0.1) is 17.2 Å². The fourth-order valence-electron chi connectivity index (χ4n) is 3.28. The molecule has 20 heavy (non-hydrogen) atoms. The van der Waals surface area contributed by atoms with Crippen molar-refractivity contribution in [1.82, 2.24) is 0 Å². The number of hydrogen-bond acceptors (Lipinski definition) is 2. The SMILES string of the molecule is CC(C)CC1(C(=O)Nc2c(N)cccc2F)CCCC1. The van der Waals surface area contributed by atoms with E-state index in [1.165, 1.54) is 6.07 Å². The molecule has 0 atom stereocenters. The van der Waals surface area contributed by atoms with Crippen molar-refractivity contribution in [3.05, 3.63) is 24.0 Å². The Labute approximate surface area is 119 Å². The van der Waals surface area contributed by atoms with E-state index >= 15 is 0 Å². The number of benzene rings is 1. The van der Waals surface area contributed by atoms with Crippen molar-refractivity contribution in [2.75, 3.05) is 11.1 Å². The van der Waals surface area contributed by atoms with E-state index in [0.29, 0.717) is 5.92 Å². The van der Waals surface area contributed by atoms with Crippen LogP contribution in [0.5, 0.6) is 0 Å². The van der Waals surface area contributed by atoms with Gasteiger partial charge in [-0.25, -0.2) is 4.39 Å². The highest BCUT2D eigenvalue weighted by Crippen LogP contribution is 2.44. The van der Waals surface area contributed by atoms with Crippen molar-refractivity contribution >= 4 is 17.3 Å². The smallest absolute Gasteiger partial charge is 0.230 e. The molecule has 110 valence electrons. The molecule has 0 spiro atoms. The summed E-state index contributed by atoms with van der Waals surface area (Å²) in [5.41, 5.74) is 5.79. The first-order chi connectivity index (χ1) is 9.44. The number of para-hydroxylation sites is 1. The van der Waals surface area contributed by atoms with Gasteiger partial charge >= 0.3 is 0 Å². The zero-order valence-corrected chi connectivity index (χ0v) is 12.2. The highest BCUT2D eigenvalue weighted by Gasteiger charge is 2.41. The Bertz CT molecular complexity index is 473. The van der Waals surface area contributed by atoms with Gasteiger partial charge in [0.15, 0.2) is 0 Å². The predicted octanol–water partition coefficient (Wildman–Crippen LogP) is 3.95. The molecular weight excluding hydrogens is 255 g/mol. The lowest BCUT2D eigenvalue weighted by molar-refractivity contribution is -0.126. The van der Waals surface area contributed by atoms with Crippen LogP contribution in [0.15, 0.2) is 18.2 Å². The van der Waals surface area contributed by atoms with Gasteiger partial charge < -0.3 is 11.1 Å². The average molecular weight is 278 g/mol. The molecule has 0 saturated heterocycles. The molecule has 2 rings (SSSR count). The molecule has 0 aromatic heterocycles. The first-order valence-electron chi connectivity index (χ1n) is 7.30. The predicted molar refractivity (Wildman–Crippen MR) is 79.8 cm³/mol. The van der Waals surface area contributed by atoms with Gasteiger partial charge in [-0.3, -0.25) is 4.79 Å². The van der Waals surface area contributed by atoms with Gasteiger partial charge in [0.25, 0.3) is 0 Å². The fourth-order valence-corrected chi connectivity index (χ4v) is 3.28. The van der Waals surface area contributed by atoms with Crippen molar-refractivity contribution in [2.45, 2.75) is 46.0 Å². The Morgan fingerprint density at radius 3 is 2.60 bits per heavy atom. The zero-order valence-electron chi connectivity index (χ0n) is 12.2. The number of anilines is 2. The molecule has 1 aliphatic rings. The number of hydrogen-bond donors (Lipinski definition) is 2. The van der Waals surface area contributed by atoms with E-state index in [2.05, 4.69) is 19.2 Å². The number of carbonyl (C=O) groups excluding carboxylic acids is 1. The number of amides is 1. The van der Waals surface area contributed by atoms with Crippen molar-refractivity contribution < 1.29 is 9.18 Å². The Balaban J connectivity index is 2.21. The van der Waals surface area contributed by atoms with Crippen LogP contribution >= 0.6 is 0 Å². The Morgan fingerprint density at radius 2 is 2.05 bits per heavy atom. The quantitative estimate of drug-likeness (QED) is 0.819. The fraction of sp³-hybridized carbons (Fsp3) is 0.562. The number of nitrogen functional groups attached to an aromatic ring is 1. The molecule has 1 aromatic rings. The number of nitrogens with one attached hydrogen (secondary N) is 1. The summed E-state index contributed by atoms with van der Waals surface area (Å²) >= 11 is 0. The molecule has 0 heterocycles. The number of nitrogens with two attached hydrogens (primary N) is 1. The van der Waals surface area contributed by atoms with E-state index in [1.807, 2.05) is 0 Å². The molecule has 4 heteroatoms. The second kappa shape index (κ2) is 5.81. The first-order valence-corrected chi connectivity index (χ1v) is 7.30. The van der Waals surface area contributed by atoms with Crippen molar-refractivity contribution in [3.63, 3.8) is 0 Å². The van der Waals surface area contributed by atoms with Crippen LogP contribution in [-0.2, 0) is 4.79 Å². The van der Waals surface area contributed by atoms with Crippen molar-refractivity contribution in [2.24, 2.45) is 11.3 Å². The minimum atomic E-state index is -0.476. The lowest BCUT2D eigenvalue weighted by Crippen LogP contribution is -2.35. The molecule has 1 aliphatic carbocycles. The molecule has 3 N–H and O–H groups in total. The van der Waals surface area contributed by atoms with Gasteiger partial charge in [0.05, 0.1) is 5.69 Å². The Morgan fingerprint density at radius 1 is 1.40 bits per heavy atom. The van der Waals surface area contributed by atoms with Gasteiger partial charge in [-0.15, -0.1) is 0 Å². The maximum Gasteiger partial charge on any atom is 0.230 e. The number of halogens is 1. The first kappa shape index (κ1) is 14.8. The molecule has 1 saturated carbocycles. The lowest BCUT2D eigenvalue weighted by Gasteiger charge is -2.29. The van der Waals surface area contributed by atoms with E-state index in [1.54, 1.807) is 12.1 Å². The summed E-state index contributed by atoms with van der Waals surface area (Å²) in [6.07, 6.45) is 4.73. The topological polar surface area (TPSA) is 55.1 Å². The van der Waals surface area contributed by atoms with Gasteiger partial charge in [-0.05, 0) is 37.3 Å². The second-order valence-corrected chi connectivity index (χ2v) is 6.24. The lowest BCUT2D eigenvalue weighted by atomic mass is 9.77. The molecule has 0 unspecified atom stereocenters. The molecule has 1 amide bonds. The second-order valence-electron chi connectivity index (χ2n) is 6.24. The van der Waals surface area contributed by atoms with E-state index in [9.17, 15) is 9.18 Å². The monoisotopic (exact) mass is 278 g/mol. The maximum atomic E-state index is 13.8. The minimum Gasteiger partial charge on any atom is -0.397 e. The summed E-state index contributed by atoms with van der Waals surface area (Å²) in [6, 6.07) is 4.46. The van der Waals surface area contributed by atoms with Crippen LogP contribution in [-0.4, -0.2) is 5.91 Å². The summed E-state index contributed by atoms with van der Waals surface area (Å²) in [5.74, 6) is -0.117. The van der Waals surface area contributed by atoms with E-state index in [0.717, 1.165) is 32.1 Å². The molecule has 3 nitrogen and oxygen atoms in total. The van der Waals surface area contributed by atoms with Crippen LogP contribution in [0.25, 0.3) is 0 Å². The molecule has 0 bridgehead atoms. The zero-order chi connectivity index (χ0) is 14.8. The van der Waals surface area contributed by atoms with Gasteiger partial charge in [-0.1, -0.05) is 32.8 Å². The maximum absolute atomic E-state index is 13.8. The van der Waals surface area contributed by atoms with Gasteiger partial charge in [-0.2, -0.15) is 0 Å². The molecule has 0 aliphatic heterocycles. The Hall–Kier alpha value is -1.58. The molecular formula is C16H23FN2O. The van der Waals surface area contributed by atoms with Crippen LogP contribution in [0.2, 0.25) is 0 Å². The number of carbonyl (C=O) groups is 1. The van der Waals surface area contributed by atoms with Gasteiger partial charge in [0, 0.05) is 5.41 Å². The summed E-state index contributed by atoms with van der Waals surface area (Å²) in [4.78, 5) is 12.6. The minimum absolute atomic E-state index is 0.0829. The highest BCUT2D eigenvalue weighted by atomic mass is 19.1. The molecule has 1 aromatic carbocycles. The molecule has 0 radical (unpaired) electrons. The van der Waals surface area contributed by atoms with Crippen LogP contribution in [0.1, 0.15) is 46.0 Å². The van der Waals surface area contributed by atoms with Crippen molar-refractivity contribution in [1.29, 1.82) is 0 Å². The highest BCUT2D eigenvalue weighted by molar-refractivity contribution is 5.98. The van der Waals surface area contributed by atoms with Crippen LogP contribution < -0.4 is 11.1 Å². The summed E-state index contributed by atoms with van der Waals surface area (Å²) < 4.78 is 13.8. The largest absolute Gasteiger partial charge is 0.397 e. The van der Waals surface area contributed by atoms with E-state index < -0.39 is 5.82 Å². The van der Waals surface area contributed by atoms with Crippen LogP contribution in [0.3, 0.4) is 0 Å². The normalized spacial score (nSPS) is 17.4. The van der Waals surface area contributed by atoms with E-state index in [4.69, 9.17) is 5.73 Å². The standard InChI is InChI=1S/C16H23FN2O/c1-11(2)10-16(8-3-4-9-16)15(20)19-14-12(17)6-5-7-13(14)18/h5-7,11H,3-4,8-10,18H2,1-2H3,(H,19,20). The van der Waals surface area contributed by atoms with E-state index in [-0.39, 0.29) is 22.7 Å². The third-order valence-corrected chi connectivity index (χ3v) is 4.13. The van der Waals surface area contributed by atoms with Crippen LogP contribution in [0.4, 0.5) is 15.8 Å². The van der Waals surface area contributed by atoms with Crippen molar-refractivity contribution in [3.8, 4) is 0 Å². The summed E-state index contributed by atoms with van der Waals surface area (Å²) in [6.45, 7) is 4.23. The average Bonchev–Trinajstić information content (AvgIpc) is 2.82. The summed E-state index contributed by atoms with van der Waals surface area (Å²) in [7, 11) is 0.